The summed E-state index contributed by atoms with van der Waals surface area (Å²) in [7, 11) is 0. The summed E-state index contributed by atoms with van der Waals surface area (Å²) in [4.78, 5) is 14.1. The zero-order valence-electron chi connectivity index (χ0n) is 11.2. The Hall–Kier alpha value is -1.35. The minimum atomic E-state index is -0.110. The van der Waals surface area contributed by atoms with E-state index in [1.165, 1.54) is 5.56 Å². The second-order valence-electron chi connectivity index (χ2n) is 5.08. The van der Waals surface area contributed by atoms with Crippen LogP contribution in [0.2, 0.25) is 0 Å². The Balaban J connectivity index is 2.14. The summed E-state index contributed by atoms with van der Waals surface area (Å²) in [5.41, 5.74) is 7.19. The summed E-state index contributed by atoms with van der Waals surface area (Å²) in [6.07, 6.45) is 1.46. The maximum atomic E-state index is 12.3. The molecule has 18 heavy (non-hydrogen) atoms. The van der Waals surface area contributed by atoms with Crippen molar-refractivity contribution in [1.29, 1.82) is 0 Å². The summed E-state index contributed by atoms with van der Waals surface area (Å²) >= 11 is 0. The zero-order valence-corrected chi connectivity index (χ0v) is 11.2. The van der Waals surface area contributed by atoms with Crippen molar-refractivity contribution >= 4 is 5.91 Å². The summed E-state index contributed by atoms with van der Waals surface area (Å²) in [6.45, 7) is 5.58. The van der Waals surface area contributed by atoms with E-state index in [9.17, 15) is 4.79 Å². The van der Waals surface area contributed by atoms with Crippen molar-refractivity contribution in [1.82, 2.24) is 4.90 Å². The van der Waals surface area contributed by atoms with Crippen LogP contribution >= 0.6 is 0 Å². The molecule has 2 N–H and O–H groups in total. The van der Waals surface area contributed by atoms with E-state index in [-0.39, 0.29) is 17.4 Å². The smallest absolute Gasteiger partial charge is 0.223 e. The monoisotopic (exact) mass is 246 g/mol. The number of carbonyl (C=O) groups is 1. The van der Waals surface area contributed by atoms with E-state index in [2.05, 4.69) is 12.1 Å². The average molecular weight is 246 g/mol. The van der Waals surface area contributed by atoms with E-state index in [4.69, 9.17) is 5.73 Å². The number of hydrogen-bond acceptors (Lipinski definition) is 2. The summed E-state index contributed by atoms with van der Waals surface area (Å²) < 4.78 is 0. The first-order chi connectivity index (χ1) is 8.64. The van der Waals surface area contributed by atoms with E-state index in [1.54, 1.807) is 0 Å². The molecule has 1 aliphatic rings. The molecule has 0 radical (unpaired) electrons. The molecule has 2 atom stereocenters. The van der Waals surface area contributed by atoms with Crippen LogP contribution in [-0.4, -0.2) is 29.9 Å². The highest BCUT2D eigenvalue weighted by Gasteiger charge is 2.54. The molecule has 0 aromatic heterocycles. The summed E-state index contributed by atoms with van der Waals surface area (Å²) in [5, 5.41) is 0. The van der Waals surface area contributed by atoms with Crippen LogP contribution in [0.15, 0.2) is 30.3 Å². The van der Waals surface area contributed by atoms with Gasteiger partial charge in [0, 0.05) is 31.0 Å². The topological polar surface area (TPSA) is 46.3 Å². The molecule has 2 rings (SSSR count). The van der Waals surface area contributed by atoms with Crippen molar-refractivity contribution in [2.75, 3.05) is 13.1 Å². The number of amides is 1. The fourth-order valence-electron chi connectivity index (χ4n) is 2.70. The number of hydrogen-bond donors (Lipinski definition) is 1. The van der Waals surface area contributed by atoms with Crippen molar-refractivity contribution in [3.63, 3.8) is 0 Å². The van der Waals surface area contributed by atoms with Crippen LogP contribution in [0.25, 0.3) is 0 Å². The predicted octanol–water partition coefficient (Wildman–Crippen LogP) is 1.91. The van der Waals surface area contributed by atoms with Gasteiger partial charge >= 0.3 is 0 Å². The lowest BCUT2D eigenvalue weighted by Gasteiger charge is -2.23. The average Bonchev–Trinajstić information content (AvgIpc) is 3.03. The van der Waals surface area contributed by atoms with E-state index >= 15 is 0 Å². The first-order valence-electron chi connectivity index (χ1n) is 6.73. The van der Waals surface area contributed by atoms with Crippen molar-refractivity contribution in [2.24, 2.45) is 5.73 Å². The first-order valence-corrected chi connectivity index (χ1v) is 6.73. The number of nitrogens with two attached hydrogens (primary N) is 1. The normalized spacial score (nSPS) is 25.8. The molecule has 1 aromatic rings. The third kappa shape index (κ3) is 2.27. The van der Waals surface area contributed by atoms with Gasteiger partial charge in [-0.3, -0.25) is 4.79 Å². The number of benzene rings is 1. The van der Waals surface area contributed by atoms with Gasteiger partial charge in [0.25, 0.3) is 0 Å². The molecule has 2 unspecified atom stereocenters. The van der Waals surface area contributed by atoms with Crippen molar-refractivity contribution in [3.05, 3.63) is 35.9 Å². The van der Waals surface area contributed by atoms with E-state index < -0.39 is 0 Å². The molecule has 1 aliphatic carbocycles. The first kappa shape index (κ1) is 13.1. The maximum absolute atomic E-state index is 12.3. The summed E-state index contributed by atoms with van der Waals surface area (Å²) in [5.74, 6) is 0.219. The van der Waals surface area contributed by atoms with Crippen LogP contribution in [0.4, 0.5) is 0 Å². The Bertz CT molecular complexity index is 414. The van der Waals surface area contributed by atoms with Crippen LogP contribution in [0.1, 0.15) is 32.3 Å². The molecule has 98 valence electrons. The van der Waals surface area contributed by atoms with Gasteiger partial charge in [-0.25, -0.2) is 0 Å². The molecular weight excluding hydrogens is 224 g/mol. The third-order valence-electron chi connectivity index (χ3n) is 4.07. The van der Waals surface area contributed by atoms with Gasteiger partial charge in [0.05, 0.1) is 0 Å². The van der Waals surface area contributed by atoms with Gasteiger partial charge < -0.3 is 10.6 Å². The van der Waals surface area contributed by atoms with E-state index in [0.717, 1.165) is 19.5 Å². The molecule has 1 saturated carbocycles. The van der Waals surface area contributed by atoms with Crippen molar-refractivity contribution in [3.8, 4) is 0 Å². The number of rotatable bonds is 5. The lowest BCUT2D eigenvalue weighted by molar-refractivity contribution is -0.131. The summed E-state index contributed by atoms with van der Waals surface area (Å²) in [6, 6.07) is 10.3. The molecule has 1 aromatic carbocycles. The zero-order chi connectivity index (χ0) is 13.2. The molecule has 0 bridgehead atoms. The van der Waals surface area contributed by atoms with Gasteiger partial charge in [-0.05, 0) is 25.8 Å². The Morgan fingerprint density at radius 2 is 1.89 bits per heavy atom. The minimum absolute atomic E-state index is 0.110. The molecule has 1 amide bonds. The SMILES string of the molecule is CCN(CC)C(=O)CC1(c2ccccc2)CC1N. The lowest BCUT2D eigenvalue weighted by Crippen LogP contribution is -2.34. The van der Waals surface area contributed by atoms with E-state index in [1.807, 2.05) is 36.9 Å². The van der Waals surface area contributed by atoms with Crippen LogP contribution in [0.3, 0.4) is 0 Å². The molecule has 0 spiro atoms. The molecule has 0 saturated heterocycles. The standard InChI is InChI=1S/C15H22N2O/c1-3-17(4-2)14(18)11-15(10-13(15)16)12-8-6-5-7-9-12/h5-9,13H,3-4,10-11,16H2,1-2H3. The van der Waals surface area contributed by atoms with Crippen molar-refractivity contribution < 1.29 is 4.79 Å². The van der Waals surface area contributed by atoms with Gasteiger partial charge in [0.15, 0.2) is 0 Å². The second kappa shape index (κ2) is 5.11. The fraction of sp³-hybridized carbons (Fsp3) is 0.533. The molecule has 1 fully saturated rings. The lowest BCUT2D eigenvalue weighted by atomic mass is 9.91. The van der Waals surface area contributed by atoms with E-state index in [0.29, 0.717) is 6.42 Å². The Morgan fingerprint density at radius 1 is 1.33 bits per heavy atom. The fourth-order valence-corrected chi connectivity index (χ4v) is 2.70. The molecule has 0 aliphatic heterocycles. The van der Waals surface area contributed by atoms with Crippen LogP contribution in [0, 0.1) is 0 Å². The molecule has 3 heteroatoms. The highest BCUT2D eigenvalue weighted by Crippen LogP contribution is 2.50. The third-order valence-corrected chi connectivity index (χ3v) is 4.07. The Labute approximate surface area is 109 Å². The van der Waals surface area contributed by atoms with Gasteiger partial charge in [-0.2, -0.15) is 0 Å². The molecule has 0 heterocycles. The highest BCUT2D eigenvalue weighted by molar-refractivity contribution is 5.79. The Morgan fingerprint density at radius 3 is 2.33 bits per heavy atom. The largest absolute Gasteiger partial charge is 0.343 e. The van der Waals surface area contributed by atoms with Crippen molar-refractivity contribution in [2.45, 2.75) is 38.1 Å². The maximum Gasteiger partial charge on any atom is 0.223 e. The highest BCUT2D eigenvalue weighted by atomic mass is 16.2. The molecular formula is C15H22N2O. The quantitative estimate of drug-likeness (QED) is 0.862. The van der Waals surface area contributed by atoms with Gasteiger partial charge in [-0.15, -0.1) is 0 Å². The van der Waals surface area contributed by atoms with Gasteiger partial charge in [0.1, 0.15) is 0 Å². The Kier molecular flexibility index (Phi) is 3.71. The minimum Gasteiger partial charge on any atom is -0.343 e. The van der Waals surface area contributed by atoms with Crippen LogP contribution in [-0.2, 0) is 10.2 Å². The van der Waals surface area contributed by atoms with Gasteiger partial charge in [0.2, 0.25) is 5.91 Å². The number of carbonyl (C=O) groups excluding carboxylic acids is 1. The predicted molar refractivity (Wildman–Crippen MR) is 73.3 cm³/mol. The molecule has 3 nitrogen and oxygen atoms in total. The van der Waals surface area contributed by atoms with Crippen LogP contribution in [0.5, 0.6) is 0 Å². The van der Waals surface area contributed by atoms with Crippen LogP contribution < -0.4 is 5.73 Å². The van der Waals surface area contributed by atoms with Gasteiger partial charge in [-0.1, -0.05) is 30.3 Å². The second-order valence-corrected chi connectivity index (χ2v) is 5.08. The number of nitrogens with zero attached hydrogens (tertiary/aromatic N) is 1.